The molecule has 2 rings (SSSR count). The molecular weight excluding hydrogens is 276 g/mol. The normalized spacial score (nSPS) is 17.0. The van der Waals surface area contributed by atoms with Crippen molar-refractivity contribution in [3.63, 3.8) is 0 Å². The van der Waals surface area contributed by atoms with E-state index in [0.717, 1.165) is 11.3 Å². The zero-order chi connectivity index (χ0) is 16.2. The summed E-state index contributed by atoms with van der Waals surface area (Å²) in [6.07, 6.45) is 4.10. The van der Waals surface area contributed by atoms with Crippen LogP contribution in [0, 0.1) is 5.41 Å². The number of hydrogen-bond donors (Lipinski definition) is 0. The Morgan fingerprint density at radius 2 is 2.05 bits per heavy atom. The number of esters is 1. The van der Waals surface area contributed by atoms with Crippen LogP contribution in [0.1, 0.15) is 19.4 Å². The molecular formula is C18H22N2O2. The summed E-state index contributed by atoms with van der Waals surface area (Å²) in [6, 6.07) is 9.94. The molecule has 1 unspecified atom stereocenters. The van der Waals surface area contributed by atoms with Gasteiger partial charge in [-0.1, -0.05) is 36.9 Å². The molecule has 0 amide bonds. The van der Waals surface area contributed by atoms with E-state index in [2.05, 4.69) is 11.6 Å². The highest BCUT2D eigenvalue weighted by Gasteiger charge is 2.41. The molecule has 0 saturated carbocycles. The van der Waals surface area contributed by atoms with E-state index in [-0.39, 0.29) is 5.97 Å². The summed E-state index contributed by atoms with van der Waals surface area (Å²) < 4.78 is 5.34. The smallest absolute Gasteiger partial charge is 0.318 e. The number of carbonyl (C=O) groups is 1. The van der Waals surface area contributed by atoms with E-state index in [1.807, 2.05) is 62.2 Å². The van der Waals surface area contributed by atoms with Gasteiger partial charge in [0.15, 0.2) is 0 Å². The third kappa shape index (κ3) is 3.11. The van der Waals surface area contributed by atoms with Crippen LogP contribution in [0.2, 0.25) is 0 Å². The van der Waals surface area contributed by atoms with E-state index in [9.17, 15) is 4.79 Å². The minimum atomic E-state index is -0.790. The maximum absolute atomic E-state index is 12.7. The lowest BCUT2D eigenvalue weighted by Gasteiger charge is -2.37. The number of rotatable bonds is 5. The first-order valence-electron chi connectivity index (χ1n) is 7.37. The second-order valence-corrected chi connectivity index (χ2v) is 5.52. The minimum absolute atomic E-state index is 0.236. The van der Waals surface area contributed by atoms with Crippen molar-refractivity contribution in [1.82, 2.24) is 4.90 Å². The fourth-order valence-electron chi connectivity index (χ4n) is 2.65. The van der Waals surface area contributed by atoms with Crippen molar-refractivity contribution in [3.05, 3.63) is 60.1 Å². The Kier molecular flexibility index (Phi) is 4.81. The van der Waals surface area contributed by atoms with Crippen LogP contribution in [-0.2, 0) is 16.0 Å². The molecule has 1 aromatic carbocycles. The van der Waals surface area contributed by atoms with E-state index < -0.39 is 5.41 Å². The van der Waals surface area contributed by atoms with Crippen LogP contribution in [0.4, 0.5) is 0 Å². The number of benzene rings is 1. The average Bonchev–Trinajstić information content (AvgIpc) is 2.51. The van der Waals surface area contributed by atoms with Crippen molar-refractivity contribution in [2.24, 2.45) is 10.4 Å². The predicted molar refractivity (Wildman–Crippen MR) is 88.4 cm³/mol. The highest BCUT2D eigenvalue weighted by atomic mass is 16.5. The molecule has 1 atom stereocenters. The van der Waals surface area contributed by atoms with Gasteiger partial charge >= 0.3 is 5.97 Å². The standard InChI is InChI=1S/C18H22N2O2/c1-5-22-17(21)18(3,13-15-9-7-6-8-10-15)16-11-12-19-14(2)20(16)4/h6-12H,2,5,13H2,1,3-4H3. The van der Waals surface area contributed by atoms with Gasteiger partial charge in [-0.2, -0.15) is 0 Å². The maximum atomic E-state index is 12.7. The number of allylic oxidation sites excluding steroid dienone is 1. The Morgan fingerprint density at radius 1 is 1.36 bits per heavy atom. The van der Waals surface area contributed by atoms with E-state index in [4.69, 9.17) is 4.74 Å². The Bertz CT molecular complexity index is 619. The third-order valence-electron chi connectivity index (χ3n) is 3.90. The quantitative estimate of drug-likeness (QED) is 0.784. The molecule has 0 bridgehead atoms. The second kappa shape index (κ2) is 6.60. The number of ether oxygens (including phenoxy) is 1. The fourth-order valence-corrected chi connectivity index (χ4v) is 2.65. The molecule has 22 heavy (non-hydrogen) atoms. The Labute approximate surface area is 131 Å². The second-order valence-electron chi connectivity index (χ2n) is 5.52. The van der Waals surface area contributed by atoms with Crippen LogP contribution < -0.4 is 0 Å². The molecule has 0 radical (unpaired) electrons. The number of carbonyl (C=O) groups excluding carboxylic acids is 1. The van der Waals surface area contributed by atoms with E-state index >= 15 is 0 Å². The van der Waals surface area contributed by atoms with Crippen LogP contribution in [0.15, 0.2) is 59.5 Å². The largest absolute Gasteiger partial charge is 0.465 e. The topological polar surface area (TPSA) is 41.9 Å². The van der Waals surface area contributed by atoms with Crippen LogP contribution >= 0.6 is 0 Å². The van der Waals surface area contributed by atoms with E-state index in [1.165, 1.54) is 0 Å². The van der Waals surface area contributed by atoms with E-state index in [1.54, 1.807) is 6.21 Å². The molecule has 0 saturated heterocycles. The number of aliphatic imine (C=N–C) groups is 1. The van der Waals surface area contributed by atoms with Crippen molar-refractivity contribution in [2.75, 3.05) is 13.7 Å². The third-order valence-corrected chi connectivity index (χ3v) is 3.90. The SMILES string of the molecule is C=C1N=CC=C(C(C)(Cc2ccccc2)C(=O)OCC)N1C. The predicted octanol–water partition coefficient (Wildman–Crippen LogP) is 3.17. The average molecular weight is 298 g/mol. The van der Waals surface area contributed by atoms with Gasteiger partial charge in [0.05, 0.1) is 6.61 Å². The first-order chi connectivity index (χ1) is 10.5. The minimum Gasteiger partial charge on any atom is -0.465 e. The van der Waals surface area contributed by atoms with Gasteiger partial charge in [-0.3, -0.25) is 4.79 Å². The molecule has 0 aliphatic carbocycles. The summed E-state index contributed by atoms with van der Waals surface area (Å²) in [5.41, 5.74) is 1.14. The summed E-state index contributed by atoms with van der Waals surface area (Å²) in [5, 5.41) is 0. The van der Waals surface area contributed by atoms with Crippen LogP contribution in [0.25, 0.3) is 0 Å². The van der Waals surface area contributed by atoms with Gasteiger partial charge in [0.1, 0.15) is 11.2 Å². The van der Waals surface area contributed by atoms with E-state index in [0.29, 0.717) is 18.8 Å². The molecule has 0 fully saturated rings. The molecule has 0 N–H and O–H groups in total. The number of nitrogens with zero attached hydrogens (tertiary/aromatic N) is 2. The van der Waals surface area contributed by atoms with Crippen molar-refractivity contribution in [3.8, 4) is 0 Å². The molecule has 1 aliphatic heterocycles. The van der Waals surface area contributed by atoms with Gasteiger partial charge in [-0.15, -0.1) is 0 Å². The van der Waals surface area contributed by atoms with Crippen LogP contribution in [0.3, 0.4) is 0 Å². The van der Waals surface area contributed by atoms with Gasteiger partial charge in [0.25, 0.3) is 0 Å². The Hall–Kier alpha value is -2.36. The van der Waals surface area contributed by atoms with Crippen molar-refractivity contribution < 1.29 is 9.53 Å². The molecule has 4 heteroatoms. The summed E-state index contributed by atoms with van der Waals surface area (Å²) in [6.45, 7) is 7.99. The highest BCUT2D eigenvalue weighted by molar-refractivity contribution is 5.84. The summed E-state index contributed by atoms with van der Waals surface area (Å²) in [4.78, 5) is 18.7. The Morgan fingerprint density at radius 3 is 2.68 bits per heavy atom. The van der Waals surface area contributed by atoms with Crippen LogP contribution in [-0.4, -0.2) is 30.7 Å². The van der Waals surface area contributed by atoms with Gasteiger partial charge < -0.3 is 9.64 Å². The molecule has 4 nitrogen and oxygen atoms in total. The first kappa shape index (κ1) is 16.0. The zero-order valence-electron chi connectivity index (χ0n) is 13.4. The summed E-state index contributed by atoms with van der Waals surface area (Å²) >= 11 is 0. The molecule has 1 aromatic rings. The van der Waals surface area contributed by atoms with Gasteiger partial charge in [0, 0.05) is 19.0 Å². The molecule has 1 aliphatic rings. The van der Waals surface area contributed by atoms with Crippen molar-refractivity contribution in [2.45, 2.75) is 20.3 Å². The summed E-state index contributed by atoms with van der Waals surface area (Å²) in [5.74, 6) is 0.376. The lowest BCUT2D eigenvalue weighted by molar-refractivity contribution is -0.152. The lowest BCUT2D eigenvalue weighted by atomic mass is 9.79. The highest BCUT2D eigenvalue weighted by Crippen LogP contribution is 2.37. The maximum Gasteiger partial charge on any atom is 0.318 e. The summed E-state index contributed by atoms with van der Waals surface area (Å²) in [7, 11) is 1.87. The van der Waals surface area contributed by atoms with Crippen molar-refractivity contribution >= 4 is 12.2 Å². The van der Waals surface area contributed by atoms with Gasteiger partial charge in [0.2, 0.25) is 0 Å². The molecule has 0 aromatic heterocycles. The molecule has 116 valence electrons. The van der Waals surface area contributed by atoms with Crippen LogP contribution in [0.5, 0.6) is 0 Å². The lowest BCUT2D eigenvalue weighted by Crippen LogP contribution is -2.40. The first-order valence-corrected chi connectivity index (χ1v) is 7.37. The number of hydrogen-bond acceptors (Lipinski definition) is 4. The van der Waals surface area contributed by atoms with Gasteiger partial charge in [-0.25, -0.2) is 4.99 Å². The molecule has 1 heterocycles. The van der Waals surface area contributed by atoms with Gasteiger partial charge in [-0.05, 0) is 31.9 Å². The fraction of sp³-hybridized carbons (Fsp3) is 0.333. The molecule has 0 spiro atoms. The Balaban J connectivity index is 2.42. The zero-order valence-corrected chi connectivity index (χ0v) is 13.4. The van der Waals surface area contributed by atoms with Crippen molar-refractivity contribution in [1.29, 1.82) is 0 Å². The monoisotopic (exact) mass is 298 g/mol.